The highest BCUT2D eigenvalue weighted by Crippen LogP contribution is 2.03. The van der Waals surface area contributed by atoms with Gasteiger partial charge in [0.2, 0.25) is 0 Å². The lowest BCUT2D eigenvalue weighted by molar-refractivity contribution is -0.144. The van der Waals surface area contributed by atoms with E-state index in [0.29, 0.717) is 0 Å². The maximum absolute atomic E-state index is 11.4. The number of hydrogen-bond acceptors (Lipinski definition) is 5. The van der Waals surface area contributed by atoms with Crippen LogP contribution in [-0.2, 0) is 19.1 Å². The number of ether oxygens (including phenoxy) is 2. The molecule has 7 nitrogen and oxygen atoms in total. The zero-order valence-electron chi connectivity index (χ0n) is 11.1. The van der Waals surface area contributed by atoms with E-state index in [0.717, 1.165) is 0 Å². The van der Waals surface area contributed by atoms with Crippen molar-refractivity contribution in [3.05, 3.63) is 0 Å². The van der Waals surface area contributed by atoms with Gasteiger partial charge >= 0.3 is 18.0 Å². The molecule has 0 radical (unpaired) electrons. The first-order valence-corrected chi connectivity index (χ1v) is 5.70. The van der Waals surface area contributed by atoms with Gasteiger partial charge in [0.25, 0.3) is 0 Å². The molecule has 2 amide bonds. The molecule has 0 unspecified atom stereocenters. The molecule has 0 aromatic heterocycles. The molecule has 0 saturated heterocycles. The number of rotatable bonds is 6. The molecule has 0 bridgehead atoms. The quantitative estimate of drug-likeness (QED) is 0.658. The molecule has 104 valence electrons. The lowest BCUT2D eigenvalue weighted by atomic mass is 10.1. The maximum Gasteiger partial charge on any atom is 0.328 e. The van der Waals surface area contributed by atoms with Crippen LogP contribution in [0.3, 0.4) is 0 Å². The van der Waals surface area contributed by atoms with Crippen LogP contribution in [0, 0.1) is 5.92 Å². The van der Waals surface area contributed by atoms with E-state index in [-0.39, 0.29) is 19.1 Å². The fraction of sp³-hybridized carbons (Fsp3) is 0.727. The van der Waals surface area contributed by atoms with Gasteiger partial charge in [-0.05, 0) is 12.8 Å². The number of hydrogen-bond donors (Lipinski definition) is 2. The Labute approximate surface area is 106 Å². The Balaban J connectivity index is 4.19. The Hall–Kier alpha value is -1.79. The molecule has 1 atom stereocenters. The van der Waals surface area contributed by atoms with Crippen molar-refractivity contribution < 1.29 is 23.9 Å². The molecule has 18 heavy (non-hydrogen) atoms. The summed E-state index contributed by atoms with van der Waals surface area (Å²) in [6.45, 7) is 5.22. The lowest BCUT2D eigenvalue weighted by Crippen LogP contribution is -2.50. The summed E-state index contributed by atoms with van der Waals surface area (Å²) in [5.41, 5.74) is 0. The predicted molar refractivity (Wildman–Crippen MR) is 63.8 cm³/mol. The SMILES string of the molecule is CCOC(=O)CNC(=O)N[C@@H](C(=O)OC)C(C)C. The zero-order chi connectivity index (χ0) is 14.1. The molecule has 0 fully saturated rings. The summed E-state index contributed by atoms with van der Waals surface area (Å²) in [4.78, 5) is 33.8. The van der Waals surface area contributed by atoms with Crippen molar-refractivity contribution >= 4 is 18.0 Å². The molecular formula is C11H20N2O5. The second kappa shape index (κ2) is 8.32. The van der Waals surface area contributed by atoms with Gasteiger partial charge in [-0.25, -0.2) is 9.59 Å². The summed E-state index contributed by atoms with van der Waals surface area (Å²) in [6.07, 6.45) is 0. The molecule has 7 heteroatoms. The van der Waals surface area contributed by atoms with Crippen LogP contribution >= 0.6 is 0 Å². The van der Waals surface area contributed by atoms with Gasteiger partial charge in [-0.2, -0.15) is 0 Å². The monoisotopic (exact) mass is 260 g/mol. The normalized spacial score (nSPS) is 11.6. The van der Waals surface area contributed by atoms with Gasteiger partial charge in [-0.3, -0.25) is 4.79 Å². The van der Waals surface area contributed by atoms with E-state index in [1.165, 1.54) is 7.11 Å². The molecule has 0 saturated carbocycles. The third-order valence-electron chi connectivity index (χ3n) is 2.11. The number of carbonyl (C=O) groups is 3. The van der Waals surface area contributed by atoms with Gasteiger partial charge in [0.15, 0.2) is 0 Å². The van der Waals surface area contributed by atoms with Crippen LogP contribution in [0.25, 0.3) is 0 Å². The molecule has 0 rings (SSSR count). The van der Waals surface area contributed by atoms with Gasteiger partial charge in [0, 0.05) is 0 Å². The summed E-state index contributed by atoms with van der Waals surface area (Å²) < 4.78 is 9.21. The summed E-state index contributed by atoms with van der Waals surface area (Å²) in [7, 11) is 1.25. The van der Waals surface area contributed by atoms with Gasteiger partial charge in [-0.1, -0.05) is 13.8 Å². The number of nitrogens with one attached hydrogen (secondary N) is 2. The van der Waals surface area contributed by atoms with Crippen LogP contribution in [0.5, 0.6) is 0 Å². The lowest BCUT2D eigenvalue weighted by Gasteiger charge is -2.19. The number of methoxy groups -OCH3 is 1. The van der Waals surface area contributed by atoms with Crippen molar-refractivity contribution in [3.8, 4) is 0 Å². The largest absolute Gasteiger partial charge is 0.467 e. The molecule has 0 heterocycles. The summed E-state index contributed by atoms with van der Waals surface area (Å²) in [5.74, 6) is -1.19. The van der Waals surface area contributed by atoms with Crippen molar-refractivity contribution in [2.75, 3.05) is 20.3 Å². The van der Waals surface area contributed by atoms with Crippen LogP contribution < -0.4 is 10.6 Å². The number of amides is 2. The van der Waals surface area contributed by atoms with Crippen molar-refractivity contribution in [3.63, 3.8) is 0 Å². The summed E-state index contributed by atoms with van der Waals surface area (Å²) in [5, 5.41) is 4.73. The van der Waals surface area contributed by atoms with E-state index >= 15 is 0 Å². The van der Waals surface area contributed by atoms with Crippen LogP contribution in [-0.4, -0.2) is 44.3 Å². The zero-order valence-corrected chi connectivity index (χ0v) is 11.1. The highest BCUT2D eigenvalue weighted by molar-refractivity contribution is 5.85. The van der Waals surface area contributed by atoms with E-state index in [1.54, 1.807) is 20.8 Å². The van der Waals surface area contributed by atoms with Gasteiger partial charge in [0.1, 0.15) is 12.6 Å². The first-order valence-electron chi connectivity index (χ1n) is 5.70. The van der Waals surface area contributed by atoms with E-state index in [1.807, 2.05) is 0 Å². The minimum atomic E-state index is -0.753. The van der Waals surface area contributed by atoms with Crippen LogP contribution in [0.2, 0.25) is 0 Å². The molecule has 2 N–H and O–H groups in total. The smallest absolute Gasteiger partial charge is 0.328 e. The molecule has 0 aliphatic heterocycles. The van der Waals surface area contributed by atoms with Crippen molar-refractivity contribution in [2.45, 2.75) is 26.8 Å². The molecule has 0 aliphatic rings. The van der Waals surface area contributed by atoms with Gasteiger partial charge < -0.3 is 20.1 Å². The minimum absolute atomic E-state index is 0.120. The second-order valence-electron chi connectivity index (χ2n) is 3.88. The van der Waals surface area contributed by atoms with Crippen molar-refractivity contribution in [2.24, 2.45) is 5.92 Å². The van der Waals surface area contributed by atoms with Crippen molar-refractivity contribution in [1.29, 1.82) is 0 Å². The molecule has 0 spiro atoms. The Morgan fingerprint density at radius 3 is 2.28 bits per heavy atom. The third-order valence-corrected chi connectivity index (χ3v) is 2.11. The van der Waals surface area contributed by atoms with E-state index in [2.05, 4.69) is 20.1 Å². The first-order chi connectivity index (χ1) is 8.42. The van der Waals surface area contributed by atoms with E-state index < -0.39 is 24.0 Å². The maximum atomic E-state index is 11.4. The fourth-order valence-corrected chi connectivity index (χ4v) is 1.18. The van der Waals surface area contributed by atoms with Gasteiger partial charge in [-0.15, -0.1) is 0 Å². The predicted octanol–water partition coefficient (Wildman–Crippen LogP) is 0.0463. The standard InChI is InChI=1S/C11H20N2O5/c1-5-18-8(14)6-12-11(16)13-9(7(2)3)10(15)17-4/h7,9H,5-6H2,1-4H3,(H2,12,13,16)/t9-/m1/s1. The Morgan fingerprint density at radius 2 is 1.83 bits per heavy atom. The van der Waals surface area contributed by atoms with Gasteiger partial charge in [0.05, 0.1) is 13.7 Å². The van der Waals surface area contributed by atoms with Crippen LogP contribution in [0.4, 0.5) is 4.79 Å². The molecule has 0 aromatic rings. The Morgan fingerprint density at radius 1 is 1.22 bits per heavy atom. The summed E-state index contributed by atoms with van der Waals surface area (Å²) in [6, 6.07) is -1.37. The molecule has 0 aliphatic carbocycles. The Kier molecular flexibility index (Phi) is 7.50. The average Bonchev–Trinajstić information content (AvgIpc) is 2.32. The van der Waals surface area contributed by atoms with Crippen LogP contribution in [0.15, 0.2) is 0 Å². The molecule has 0 aromatic carbocycles. The van der Waals surface area contributed by atoms with E-state index in [9.17, 15) is 14.4 Å². The Bertz CT molecular complexity index is 304. The summed E-state index contributed by atoms with van der Waals surface area (Å²) >= 11 is 0. The van der Waals surface area contributed by atoms with Crippen molar-refractivity contribution in [1.82, 2.24) is 10.6 Å². The number of urea groups is 1. The number of esters is 2. The fourth-order valence-electron chi connectivity index (χ4n) is 1.18. The highest BCUT2D eigenvalue weighted by Gasteiger charge is 2.24. The first kappa shape index (κ1) is 16.2. The minimum Gasteiger partial charge on any atom is -0.467 e. The number of carbonyl (C=O) groups excluding carboxylic acids is 3. The third kappa shape index (κ3) is 6.07. The van der Waals surface area contributed by atoms with E-state index in [4.69, 9.17) is 0 Å². The molecular weight excluding hydrogens is 240 g/mol. The van der Waals surface area contributed by atoms with Crippen LogP contribution in [0.1, 0.15) is 20.8 Å². The average molecular weight is 260 g/mol. The highest BCUT2D eigenvalue weighted by atomic mass is 16.5. The second-order valence-corrected chi connectivity index (χ2v) is 3.88. The topological polar surface area (TPSA) is 93.7 Å².